The van der Waals surface area contributed by atoms with Crippen LogP contribution in [0.2, 0.25) is 5.02 Å². The van der Waals surface area contributed by atoms with Crippen molar-refractivity contribution in [2.45, 2.75) is 19.8 Å². The van der Waals surface area contributed by atoms with Crippen molar-refractivity contribution in [1.82, 2.24) is 10.3 Å². The zero-order valence-corrected chi connectivity index (χ0v) is 12.7. The number of aryl methyl sites for hydroxylation is 1. The van der Waals surface area contributed by atoms with Gasteiger partial charge in [0.25, 0.3) is 5.91 Å². The first kappa shape index (κ1) is 16.9. The van der Waals surface area contributed by atoms with Gasteiger partial charge in [-0.15, -0.1) is 0 Å². The van der Waals surface area contributed by atoms with Gasteiger partial charge >= 0.3 is 0 Å². The molecule has 0 fully saturated rings. The van der Waals surface area contributed by atoms with E-state index in [1.54, 1.807) is 13.2 Å². The summed E-state index contributed by atoms with van der Waals surface area (Å²) in [5.41, 5.74) is 1.20. The van der Waals surface area contributed by atoms with Gasteiger partial charge in [0.05, 0.1) is 23.8 Å². The number of carbonyl (C=O) groups is 1. The average molecular weight is 301 g/mol. The van der Waals surface area contributed by atoms with E-state index in [1.807, 2.05) is 6.92 Å². The maximum Gasteiger partial charge on any atom is 0.254 e. The lowest BCUT2D eigenvalue weighted by Crippen LogP contribution is -2.25. The molecule has 112 valence electrons. The fourth-order valence-electron chi connectivity index (χ4n) is 1.56. The van der Waals surface area contributed by atoms with Crippen LogP contribution < -0.4 is 5.32 Å². The first-order chi connectivity index (χ1) is 9.65. The molecule has 0 unspecified atom stereocenters. The van der Waals surface area contributed by atoms with Crippen molar-refractivity contribution < 1.29 is 14.3 Å². The smallest absolute Gasteiger partial charge is 0.254 e. The summed E-state index contributed by atoms with van der Waals surface area (Å²) >= 11 is 6.00. The highest BCUT2D eigenvalue weighted by Gasteiger charge is 2.10. The van der Waals surface area contributed by atoms with Crippen LogP contribution in [0.25, 0.3) is 0 Å². The molecule has 1 aromatic heterocycles. The molecule has 1 amide bonds. The van der Waals surface area contributed by atoms with Crippen LogP contribution in [0, 0.1) is 6.92 Å². The van der Waals surface area contributed by atoms with Gasteiger partial charge in [-0.3, -0.25) is 9.78 Å². The Bertz CT molecular complexity index is 427. The van der Waals surface area contributed by atoms with Gasteiger partial charge in [-0.2, -0.15) is 0 Å². The lowest BCUT2D eigenvalue weighted by Gasteiger charge is -2.07. The van der Waals surface area contributed by atoms with Crippen LogP contribution in [0.15, 0.2) is 12.3 Å². The van der Waals surface area contributed by atoms with Gasteiger partial charge < -0.3 is 14.8 Å². The number of nitrogens with zero attached hydrogens (tertiary/aromatic N) is 1. The Balaban J connectivity index is 2.17. The number of hydrogen-bond acceptors (Lipinski definition) is 4. The van der Waals surface area contributed by atoms with E-state index in [1.165, 1.54) is 6.20 Å². The number of pyridine rings is 1. The molecular formula is C14H21ClN2O3. The minimum Gasteiger partial charge on any atom is -0.382 e. The molecule has 20 heavy (non-hydrogen) atoms. The molecular weight excluding hydrogens is 280 g/mol. The second kappa shape index (κ2) is 9.69. The second-order valence-electron chi connectivity index (χ2n) is 4.37. The number of aromatic nitrogens is 1. The third-order valence-corrected chi connectivity index (χ3v) is 2.98. The van der Waals surface area contributed by atoms with E-state index in [2.05, 4.69) is 10.3 Å². The second-order valence-corrected chi connectivity index (χ2v) is 4.78. The molecule has 0 aliphatic carbocycles. The van der Waals surface area contributed by atoms with Crippen molar-refractivity contribution >= 4 is 17.5 Å². The summed E-state index contributed by atoms with van der Waals surface area (Å²) in [6.07, 6.45) is 3.25. The van der Waals surface area contributed by atoms with Crippen molar-refractivity contribution in [2.75, 3.05) is 33.5 Å². The van der Waals surface area contributed by atoms with Crippen LogP contribution in [0.5, 0.6) is 0 Å². The number of carbonyl (C=O) groups excluding carboxylic acids is 1. The summed E-state index contributed by atoms with van der Waals surface area (Å²) in [6, 6.07) is 1.68. The van der Waals surface area contributed by atoms with E-state index < -0.39 is 0 Å². The molecule has 1 rings (SSSR count). The van der Waals surface area contributed by atoms with E-state index in [0.717, 1.165) is 18.5 Å². The van der Waals surface area contributed by atoms with E-state index in [-0.39, 0.29) is 5.91 Å². The van der Waals surface area contributed by atoms with Crippen LogP contribution in [0.4, 0.5) is 0 Å². The van der Waals surface area contributed by atoms with Crippen molar-refractivity contribution in [3.63, 3.8) is 0 Å². The molecule has 0 bridgehead atoms. The van der Waals surface area contributed by atoms with E-state index in [4.69, 9.17) is 21.1 Å². The number of methoxy groups -OCH3 is 1. The summed E-state index contributed by atoms with van der Waals surface area (Å²) in [4.78, 5) is 15.9. The maximum absolute atomic E-state index is 11.9. The van der Waals surface area contributed by atoms with Crippen LogP contribution in [0.1, 0.15) is 28.9 Å². The van der Waals surface area contributed by atoms with E-state index in [9.17, 15) is 4.79 Å². The van der Waals surface area contributed by atoms with Gasteiger partial charge in [0.1, 0.15) is 0 Å². The first-order valence-electron chi connectivity index (χ1n) is 6.62. The molecule has 0 radical (unpaired) electrons. The Morgan fingerprint density at radius 3 is 2.85 bits per heavy atom. The average Bonchev–Trinajstić information content (AvgIpc) is 2.41. The number of amides is 1. The fraction of sp³-hybridized carbons (Fsp3) is 0.571. The number of ether oxygens (including phenoxy) is 2. The topological polar surface area (TPSA) is 60.5 Å². The van der Waals surface area contributed by atoms with E-state index >= 15 is 0 Å². The zero-order chi connectivity index (χ0) is 14.8. The van der Waals surface area contributed by atoms with Crippen molar-refractivity contribution in [3.05, 3.63) is 28.5 Å². The number of nitrogens with one attached hydrogen (secondary N) is 1. The summed E-state index contributed by atoms with van der Waals surface area (Å²) < 4.78 is 10.2. The fourth-order valence-corrected chi connectivity index (χ4v) is 1.86. The Labute approximate surface area is 124 Å². The Morgan fingerprint density at radius 2 is 2.15 bits per heavy atom. The van der Waals surface area contributed by atoms with Gasteiger partial charge in [0.2, 0.25) is 0 Å². The molecule has 6 heteroatoms. The molecule has 0 aromatic carbocycles. The molecule has 0 atom stereocenters. The maximum atomic E-state index is 11.9. The third kappa shape index (κ3) is 6.32. The molecule has 1 heterocycles. The quantitative estimate of drug-likeness (QED) is 0.710. The molecule has 0 saturated heterocycles. The van der Waals surface area contributed by atoms with Gasteiger partial charge in [-0.1, -0.05) is 11.6 Å². The summed E-state index contributed by atoms with van der Waals surface area (Å²) in [5, 5.41) is 3.25. The highest BCUT2D eigenvalue weighted by atomic mass is 35.5. The van der Waals surface area contributed by atoms with Crippen LogP contribution in [-0.4, -0.2) is 44.4 Å². The normalized spacial score (nSPS) is 10.6. The summed E-state index contributed by atoms with van der Waals surface area (Å²) in [5.74, 6) is -0.192. The van der Waals surface area contributed by atoms with Crippen molar-refractivity contribution in [2.24, 2.45) is 0 Å². The summed E-state index contributed by atoms with van der Waals surface area (Å²) in [7, 11) is 1.64. The van der Waals surface area contributed by atoms with E-state index in [0.29, 0.717) is 37.0 Å². The monoisotopic (exact) mass is 300 g/mol. The Hall–Kier alpha value is -1.17. The first-order valence-corrected chi connectivity index (χ1v) is 7.00. The molecule has 0 aliphatic rings. The molecule has 0 saturated carbocycles. The Kier molecular flexibility index (Phi) is 8.18. The molecule has 1 aromatic rings. The molecule has 0 spiro atoms. The van der Waals surface area contributed by atoms with Gasteiger partial charge in [-0.25, -0.2) is 0 Å². The zero-order valence-electron chi connectivity index (χ0n) is 11.9. The van der Waals surface area contributed by atoms with Gasteiger partial charge in [0, 0.05) is 32.2 Å². The van der Waals surface area contributed by atoms with Crippen LogP contribution in [0.3, 0.4) is 0 Å². The van der Waals surface area contributed by atoms with Crippen LogP contribution in [-0.2, 0) is 9.47 Å². The Morgan fingerprint density at radius 1 is 1.35 bits per heavy atom. The molecule has 1 N–H and O–H groups in total. The highest BCUT2D eigenvalue weighted by molar-refractivity contribution is 6.33. The summed E-state index contributed by atoms with van der Waals surface area (Å²) in [6.45, 7) is 4.31. The highest BCUT2D eigenvalue weighted by Crippen LogP contribution is 2.15. The number of halogens is 1. The third-order valence-electron chi connectivity index (χ3n) is 2.67. The van der Waals surface area contributed by atoms with Crippen molar-refractivity contribution in [1.29, 1.82) is 0 Å². The van der Waals surface area contributed by atoms with Crippen molar-refractivity contribution in [3.8, 4) is 0 Å². The standard InChI is InChI=1S/C14H21ClN2O3/c1-11-9-13(15)12(10-17-11)14(18)16-5-3-4-6-20-8-7-19-2/h9-10H,3-8H2,1-2H3,(H,16,18). The van der Waals surface area contributed by atoms with Gasteiger partial charge in [-0.05, 0) is 25.8 Å². The minimum atomic E-state index is -0.192. The largest absolute Gasteiger partial charge is 0.382 e. The number of rotatable bonds is 9. The molecule has 5 nitrogen and oxygen atoms in total. The number of hydrogen-bond donors (Lipinski definition) is 1. The predicted octanol–water partition coefficient (Wildman–Crippen LogP) is 2.22. The number of unbranched alkanes of at least 4 members (excludes halogenated alkanes) is 1. The van der Waals surface area contributed by atoms with Gasteiger partial charge in [0.15, 0.2) is 0 Å². The van der Waals surface area contributed by atoms with Crippen LogP contribution >= 0.6 is 11.6 Å². The molecule has 0 aliphatic heterocycles. The predicted molar refractivity (Wildman–Crippen MR) is 78.2 cm³/mol. The lowest BCUT2D eigenvalue weighted by atomic mass is 10.2. The lowest BCUT2D eigenvalue weighted by molar-refractivity contribution is 0.0686. The SMILES string of the molecule is COCCOCCCCNC(=O)c1cnc(C)cc1Cl. The minimum absolute atomic E-state index is 0.192.